The van der Waals surface area contributed by atoms with Gasteiger partial charge in [0.15, 0.2) is 17.8 Å². The highest BCUT2D eigenvalue weighted by molar-refractivity contribution is 5.95. The van der Waals surface area contributed by atoms with Crippen LogP contribution in [0.5, 0.6) is 0 Å². The van der Waals surface area contributed by atoms with Gasteiger partial charge in [-0.2, -0.15) is 0 Å². The van der Waals surface area contributed by atoms with Crippen molar-refractivity contribution in [1.82, 2.24) is 0 Å². The molecule has 0 aromatic carbocycles. The maximum absolute atomic E-state index is 13.2. The van der Waals surface area contributed by atoms with E-state index in [2.05, 4.69) is 0 Å². The van der Waals surface area contributed by atoms with E-state index in [1.54, 1.807) is 6.92 Å². The highest BCUT2D eigenvalue weighted by Crippen LogP contribution is 2.55. The molecule has 13 heteroatoms. The molecule has 13 nitrogen and oxygen atoms in total. The second-order valence-electron chi connectivity index (χ2n) is 12.5. The van der Waals surface area contributed by atoms with E-state index in [4.69, 9.17) is 18.9 Å². The number of aliphatic hydroxyl groups is 8. The van der Waals surface area contributed by atoms with Crippen LogP contribution in [0.25, 0.3) is 0 Å². The lowest BCUT2D eigenvalue weighted by Crippen LogP contribution is -2.61. The van der Waals surface area contributed by atoms with Crippen molar-refractivity contribution in [3.63, 3.8) is 0 Å². The van der Waals surface area contributed by atoms with Crippen molar-refractivity contribution >= 4 is 5.78 Å². The van der Waals surface area contributed by atoms with E-state index in [1.165, 1.54) is 0 Å². The van der Waals surface area contributed by atoms with Gasteiger partial charge in [-0.15, -0.1) is 0 Å². The zero-order chi connectivity index (χ0) is 29.7. The van der Waals surface area contributed by atoms with Gasteiger partial charge in [0.1, 0.15) is 48.8 Å². The average Bonchev–Trinajstić information content (AvgIpc) is 2.90. The van der Waals surface area contributed by atoms with Gasteiger partial charge in [0.2, 0.25) is 6.29 Å². The van der Waals surface area contributed by atoms with E-state index in [-0.39, 0.29) is 35.2 Å². The van der Waals surface area contributed by atoms with Crippen molar-refractivity contribution in [2.75, 3.05) is 13.2 Å². The van der Waals surface area contributed by atoms with Crippen LogP contribution in [-0.4, -0.2) is 127 Å². The first-order valence-corrected chi connectivity index (χ1v) is 13.8. The number of hydrogen-bond acceptors (Lipinski definition) is 13. The molecule has 0 bridgehead atoms. The molecule has 0 aromatic heterocycles. The topological polar surface area (TPSA) is 216 Å². The maximum Gasteiger partial charge on any atom is 0.229 e. The number of carbonyl (C=O) groups is 1. The van der Waals surface area contributed by atoms with Crippen LogP contribution in [0.1, 0.15) is 53.4 Å². The standard InChI is InChI=1S/C27H44O13/c1-11-13-7-12(26(2,3)40-25-22(36)20(34)18(32)16(10-29)38-25)5-6-27(13,4)8-14(30)23(11)39-24-21(35)19(33)17(31)15(9-28)37-24/h12-13,15-22,24-25,28-29,31-36H,5-10H2,1-4H3/t12?,13?,15-,16-,17-,18-,19+,20+,21-,22-,24+,25+,27?/m1/s1. The molecule has 40 heavy (non-hydrogen) atoms. The van der Waals surface area contributed by atoms with Gasteiger partial charge in [-0.1, -0.05) is 6.92 Å². The summed E-state index contributed by atoms with van der Waals surface area (Å²) < 4.78 is 23.0. The van der Waals surface area contributed by atoms with Crippen molar-refractivity contribution < 1.29 is 64.6 Å². The van der Waals surface area contributed by atoms with Crippen molar-refractivity contribution in [2.45, 2.75) is 120 Å². The van der Waals surface area contributed by atoms with Crippen LogP contribution >= 0.6 is 0 Å². The molecule has 2 aliphatic carbocycles. The third kappa shape index (κ3) is 5.71. The van der Waals surface area contributed by atoms with Gasteiger partial charge < -0.3 is 59.8 Å². The van der Waals surface area contributed by atoms with Crippen molar-refractivity contribution in [3.8, 4) is 0 Å². The number of ether oxygens (including phenoxy) is 4. The second-order valence-corrected chi connectivity index (χ2v) is 12.5. The van der Waals surface area contributed by atoms with Crippen molar-refractivity contribution in [3.05, 3.63) is 11.3 Å². The van der Waals surface area contributed by atoms with E-state index in [0.717, 1.165) is 0 Å². The zero-order valence-corrected chi connectivity index (χ0v) is 23.3. The van der Waals surface area contributed by atoms with Crippen molar-refractivity contribution in [1.29, 1.82) is 0 Å². The molecule has 3 fully saturated rings. The predicted octanol–water partition coefficient (Wildman–Crippen LogP) is -1.93. The molecule has 2 heterocycles. The summed E-state index contributed by atoms with van der Waals surface area (Å²) in [5.74, 6) is -0.486. The van der Waals surface area contributed by atoms with Crippen LogP contribution in [0, 0.1) is 17.3 Å². The minimum absolute atomic E-state index is 0.0140. The summed E-state index contributed by atoms with van der Waals surface area (Å²) in [4.78, 5) is 13.2. The normalized spacial score (nSPS) is 46.8. The first-order valence-electron chi connectivity index (χ1n) is 13.8. The molecule has 13 atom stereocenters. The summed E-state index contributed by atoms with van der Waals surface area (Å²) in [5.41, 5.74) is -0.613. The molecule has 230 valence electrons. The molecule has 2 saturated heterocycles. The third-order valence-corrected chi connectivity index (χ3v) is 9.46. The van der Waals surface area contributed by atoms with Crippen LogP contribution in [0.3, 0.4) is 0 Å². The van der Waals surface area contributed by atoms with Crippen LogP contribution < -0.4 is 0 Å². The Kier molecular flexibility index (Phi) is 9.36. The lowest BCUT2D eigenvalue weighted by Gasteiger charge is -2.52. The molecule has 4 aliphatic rings. The Hall–Kier alpha value is -1.23. The smallest absolute Gasteiger partial charge is 0.229 e. The highest BCUT2D eigenvalue weighted by Gasteiger charge is 2.53. The summed E-state index contributed by atoms with van der Waals surface area (Å²) >= 11 is 0. The molecule has 3 unspecified atom stereocenters. The molecule has 4 rings (SSSR count). The predicted molar refractivity (Wildman–Crippen MR) is 135 cm³/mol. The molecule has 8 N–H and O–H groups in total. The van der Waals surface area contributed by atoms with Gasteiger partial charge in [0.05, 0.1) is 18.8 Å². The fourth-order valence-corrected chi connectivity index (χ4v) is 6.73. The van der Waals surface area contributed by atoms with E-state index in [0.29, 0.717) is 24.8 Å². The molecular weight excluding hydrogens is 532 g/mol. The quantitative estimate of drug-likeness (QED) is 0.166. The lowest BCUT2D eigenvalue weighted by molar-refractivity contribution is -0.330. The third-order valence-electron chi connectivity index (χ3n) is 9.46. The average molecular weight is 577 g/mol. The van der Waals surface area contributed by atoms with Gasteiger partial charge in [-0.3, -0.25) is 4.79 Å². The molecule has 1 saturated carbocycles. The molecule has 0 amide bonds. The number of allylic oxidation sites excluding steroid dienone is 2. The first-order chi connectivity index (χ1) is 18.6. The summed E-state index contributed by atoms with van der Waals surface area (Å²) in [6.45, 7) is 6.28. The minimum Gasteiger partial charge on any atom is -0.458 e. The summed E-state index contributed by atoms with van der Waals surface area (Å²) in [6.07, 6.45) is -12.3. The van der Waals surface area contributed by atoms with Gasteiger partial charge in [-0.05, 0) is 62.9 Å². The molecule has 0 radical (unpaired) electrons. The number of hydrogen-bond donors (Lipinski definition) is 8. The number of Topliss-reactive ketones (excluding diaryl/α,β-unsaturated/α-hetero) is 1. The van der Waals surface area contributed by atoms with Crippen LogP contribution in [0.4, 0.5) is 0 Å². The van der Waals surface area contributed by atoms with Crippen molar-refractivity contribution in [2.24, 2.45) is 17.3 Å². The monoisotopic (exact) mass is 576 g/mol. The van der Waals surface area contributed by atoms with Crippen LogP contribution in [0.15, 0.2) is 11.3 Å². The SMILES string of the molecule is CC1=C(O[C@@H]2O[C@H](CO)[C@@H](O)[C@H](O)[C@H]2O)C(=O)CC2(C)CCC(C(C)(C)O[C@@H]3O[C@H](CO)[C@@H](O)[C@H](O)[C@H]3O)CC12. The highest BCUT2D eigenvalue weighted by atomic mass is 16.7. The Bertz CT molecular complexity index is 951. The summed E-state index contributed by atoms with van der Waals surface area (Å²) in [5, 5.41) is 80.4. The number of aliphatic hydroxyl groups excluding tert-OH is 8. The van der Waals surface area contributed by atoms with Gasteiger partial charge in [0, 0.05) is 6.42 Å². The van der Waals surface area contributed by atoms with Crippen LogP contribution in [-0.2, 0) is 23.7 Å². The van der Waals surface area contributed by atoms with Gasteiger partial charge >= 0.3 is 0 Å². The Balaban J connectivity index is 1.53. The van der Waals surface area contributed by atoms with Gasteiger partial charge in [-0.25, -0.2) is 0 Å². The molecular formula is C27H44O13. The number of carbonyl (C=O) groups excluding carboxylic acids is 1. The number of rotatable bonds is 7. The fraction of sp³-hybridized carbons (Fsp3) is 0.889. The van der Waals surface area contributed by atoms with E-state index < -0.39 is 80.2 Å². The second kappa shape index (κ2) is 11.8. The maximum atomic E-state index is 13.2. The fourth-order valence-electron chi connectivity index (χ4n) is 6.73. The Labute approximate surface area is 232 Å². The van der Waals surface area contributed by atoms with E-state index in [1.807, 2.05) is 20.8 Å². The summed E-state index contributed by atoms with van der Waals surface area (Å²) in [7, 11) is 0. The first kappa shape index (κ1) is 31.7. The Morgan fingerprint density at radius 1 is 0.875 bits per heavy atom. The lowest BCUT2D eigenvalue weighted by atomic mass is 9.56. The number of fused-ring (bicyclic) bond motifs is 1. The van der Waals surface area contributed by atoms with E-state index in [9.17, 15) is 45.6 Å². The minimum atomic E-state index is -1.65. The van der Waals surface area contributed by atoms with Gasteiger partial charge in [0.25, 0.3) is 0 Å². The molecule has 0 spiro atoms. The zero-order valence-electron chi connectivity index (χ0n) is 23.3. The largest absolute Gasteiger partial charge is 0.458 e. The molecule has 2 aliphatic heterocycles. The number of ketones is 1. The van der Waals surface area contributed by atoms with E-state index >= 15 is 0 Å². The Morgan fingerprint density at radius 2 is 1.40 bits per heavy atom. The summed E-state index contributed by atoms with van der Waals surface area (Å²) in [6, 6.07) is 0. The van der Waals surface area contributed by atoms with Crippen LogP contribution in [0.2, 0.25) is 0 Å². The Morgan fingerprint density at radius 3 is 1.95 bits per heavy atom. The molecule has 0 aromatic rings.